The van der Waals surface area contributed by atoms with Crippen LogP contribution in [-0.4, -0.2) is 34.4 Å². The second kappa shape index (κ2) is 19.7. The van der Waals surface area contributed by atoms with E-state index in [0.29, 0.717) is 17.9 Å². The Bertz CT molecular complexity index is 439. The molecule has 0 aromatic carbocycles. The van der Waals surface area contributed by atoms with Gasteiger partial charge < -0.3 is 5.11 Å². The predicted molar refractivity (Wildman–Crippen MR) is 109 cm³/mol. The number of unbranched alkanes of at least 4 members (excludes halogenated alkanes) is 4. The first kappa shape index (κ1) is 24.4. The lowest BCUT2D eigenvalue weighted by molar-refractivity contribution is -0.167. The van der Waals surface area contributed by atoms with Crippen molar-refractivity contribution in [3.8, 4) is 0 Å². The summed E-state index contributed by atoms with van der Waals surface area (Å²) in [4.78, 5) is 11.4. The van der Waals surface area contributed by atoms with E-state index in [9.17, 15) is 10.0 Å². The number of aliphatic hydroxyl groups excluding tert-OH is 1. The van der Waals surface area contributed by atoms with Crippen LogP contribution in [0.4, 0.5) is 0 Å². The van der Waals surface area contributed by atoms with Gasteiger partial charge in [-0.1, -0.05) is 68.4 Å². The van der Waals surface area contributed by atoms with Crippen LogP contribution in [-0.2, 0) is 4.79 Å². The van der Waals surface area contributed by atoms with E-state index < -0.39 is 0 Å². The summed E-state index contributed by atoms with van der Waals surface area (Å²) in [6.07, 6.45) is 27.2. The number of hydrogen-bond acceptors (Lipinski definition) is 3. The molecule has 0 aromatic heterocycles. The van der Waals surface area contributed by atoms with Crippen LogP contribution in [0, 0.1) is 0 Å². The van der Waals surface area contributed by atoms with Crippen molar-refractivity contribution in [2.75, 3.05) is 13.2 Å². The maximum Gasteiger partial charge on any atom is 0.246 e. The van der Waals surface area contributed by atoms with Gasteiger partial charge in [0.1, 0.15) is 0 Å². The summed E-state index contributed by atoms with van der Waals surface area (Å²) in [6, 6.07) is 0. The molecule has 26 heavy (non-hydrogen) atoms. The van der Waals surface area contributed by atoms with Gasteiger partial charge in [-0.15, -0.1) is 0 Å². The molecule has 0 radical (unpaired) electrons. The number of aliphatic hydroxyl groups is 1. The van der Waals surface area contributed by atoms with E-state index >= 15 is 0 Å². The minimum Gasteiger partial charge on any atom is -0.394 e. The molecule has 1 amide bonds. The van der Waals surface area contributed by atoms with Crippen LogP contribution in [0.3, 0.4) is 0 Å². The van der Waals surface area contributed by atoms with Crippen LogP contribution in [0.15, 0.2) is 48.6 Å². The molecule has 4 heteroatoms. The molecule has 148 valence electrons. The zero-order chi connectivity index (χ0) is 19.3. The number of allylic oxidation sites excluding steroid dienone is 8. The molecule has 0 aromatic rings. The fourth-order valence-electron chi connectivity index (χ4n) is 2.28. The van der Waals surface area contributed by atoms with E-state index in [1.807, 2.05) is 0 Å². The van der Waals surface area contributed by atoms with Crippen molar-refractivity contribution < 1.29 is 15.1 Å². The molecule has 0 saturated heterocycles. The third kappa shape index (κ3) is 17.2. The highest BCUT2D eigenvalue weighted by molar-refractivity contribution is 5.74. The molecule has 0 aliphatic rings. The van der Waals surface area contributed by atoms with Crippen LogP contribution >= 0.6 is 0 Å². The molecule has 0 unspecified atom stereocenters. The summed E-state index contributed by atoms with van der Waals surface area (Å²) < 4.78 is 0. The maximum atomic E-state index is 11.4. The van der Waals surface area contributed by atoms with Crippen LogP contribution < -0.4 is 0 Å². The number of nitrogens with zero attached hydrogens (tertiary/aromatic N) is 1. The van der Waals surface area contributed by atoms with Crippen LogP contribution in [0.1, 0.15) is 71.1 Å². The molecule has 0 saturated carbocycles. The summed E-state index contributed by atoms with van der Waals surface area (Å²) in [5, 5.41) is 18.5. The first-order valence-corrected chi connectivity index (χ1v) is 9.92. The van der Waals surface area contributed by atoms with Crippen molar-refractivity contribution in [2.24, 2.45) is 0 Å². The Morgan fingerprint density at radius 3 is 1.81 bits per heavy atom. The zero-order valence-corrected chi connectivity index (χ0v) is 16.4. The fourth-order valence-corrected chi connectivity index (χ4v) is 2.28. The monoisotopic (exact) mass is 363 g/mol. The highest BCUT2D eigenvalue weighted by Gasteiger charge is 2.08. The van der Waals surface area contributed by atoms with Gasteiger partial charge in [-0.25, -0.2) is 5.06 Å². The van der Waals surface area contributed by atoms with Crippen LogP contribution in [0.2, 0.25) is 0 Å². The van der Waals surface area contributed by atoms with Crippen molar-refractivity contribution in [1.82, 2.24) is 5.06 Å². The molecule has 0 rings (SSSR count). The van der Waals surface area contributed by atoms with Crippen LogP contribution in [0.5, 0.6) is 0 Å². The van der Waals surface area contributed by atoms with Gasteiger partial charge in [0.2, 0.25) is 5.91 Å². The number of carbonyl (C=O) groups is 1. The van der Waals surface area contributed by atoms with Gasteiger partial charge in [0, 0.05) is 6.42 Å². The summed E-state index contributed by atoms with van der Waals surface area (Å²) in [6.45, 7) is 1.98. The van der Waals surface area contributed by atoms with Crippen molar-refractivity contribution in [3.05, 3.63) is 48.6 Å². The maximum absolute atomic E-state index is 11.4. The topological polar surface area (TPSA) is 60.8 Å². The Morgan fingerprint density at radius 2 is 1.31 bits per heavy atom. The van der Waals surface area contributed by atoms with Gasteiger partial charge in [0.15, 0.2) is 0 Å². The third-order valence-corrected chi connectivity index (χ3v) is 3.82. The van der Waals surface area contributed by atoms with Crippen LogP contribution in [0.25, 0.3) is 0 Å². The molecule has 0 bridgehead atoms. The standard InChI is InChI=1S/C22H37NO3/c1-2-3-4-5-6-7-8-9-10-11-12-13-14-15-16-17-18-19-22(25)23(26)20-21-24/h6-7,9-10,12-13,15-16,24,26H,2-5,8,11,14,17-21H2,1H3/b7-6-,10-9-,13-12-,16-15-. The number of hydroxylamine groups is 2. The molecule has 0 aliphatic carbocycles. The first-order valence-electron chi connectivity index (χ1n) is 9.92. The quantitative estimate of drug-likeness (QED) is 0.168. The fraction of sp³-hybridized carbons (Fsp3) is 0.591. The van der Waals surface area contributed by atoms with Gasteiger partial charge in [-0.2, -0.15) is 0 Å². The number of amides is 1. The molecule has 0 fully saturated rings. The van der Waals surface area contributed by atoms with Crippen molar-refractivity contribution in [2.45, 2.75) is 71.1 Å². The molecule has 4 nitrogen and oxygen atoms in total. The number of carbonyl (C=O) groups excluding carboxylic acids is 1. The zero-order valence-electron chi connectivity index (χ0n) is 16.4. The number of rotatable bonds is 16. The largest absolute Gasteiger partial charge is 0.394 e. The lowest BCUT2D eigenvalue weighted by atomic mass is 10.2. The highest BCUT2D eigenvalue weighted by atomic mass is 16.5. The Kier molecular flexibility index (Phi) is 18.4. The molecule has 0 spiro atoms. The van der Waals surface area contributed by atoms with E-state index in [2.05, 4.69) is 55.5 Å². The lowest BCUT2D eigenvalue weighted by Gasteiger charge is -2.12. The Labute approximate surface area is 159 Å². The van der Waals surface area contributed by atoms with E-state index in [0.717, 1.165) is 25.7 Å². The lowest BCUT2D eigenvalue weighted by Crippen LogP contribution is -2.29. The van der Waals surface area contributed by atoms with E-state index in [-0.39, 0.29) is 19.1 Å². The van der Waals surface area contributed by atoms with Crippen molar-refractivity contribution in [1.29, 1.82) is 0 Å². The van der Waals surface area contributed by atoms with Crippen molar-refractivity contribution in [3.63, 3.8) is 0 Å². The summed E-state index contributed by atoms with van der Waals surface area (Å²) >= 11 is 0. The van der Waals surface area contributed by atoms with Gasteiger partial charge in [-0.05, 0) is 44.9 Å². The Hall–Kier alpha value is -1.65. The van der Waals surface area contributed by atoms with Gasteiger partial charge in [0.25, 0.3) is 0 Å². The molecule has 0 aliphatic heterocycles. The number of hydrogen-bond donors (Lipinski definition) is 2. The molecular weight excluding hydrogens is 326 g/mol. The predicted octanol–water partition coefficient (Wildman–Crippen LogP) is 5.34. The van der Waals surface area contributed by atoms with Gasteiger partial charge in [-0.3, -0.25) is 10.0 Å². The van der Waals surface area contributed by atoms with E-state index in [4.69, 9.17) is 5.11 Å². The summed E-state index contributed by atoms with van der Waals surface area (Å²) in [7, 11) is 0. The van der Waals surface area contributed by atoms with E-state index in [1.165, 1.54) is 25.7 Å². The smallest absolute Gasteiger partial charge is 0.246 e. The second-order valence-corrected chi connectivity index (χ2v) is 6.22. The average Bonchev–Trinajstić information content (AvgIpc) is 2.64. The van der Waals surface area contributed by atoms with Gasteiger partial charge >= 0.3 is 0 Å². The van der Waals surface area contributed by atoms with E-state index in [1.54, 1.807) is 0 Å². The van der Waals surface area contributed by atoms with Crippen molar-refractivity contribution >= 4 is 5.91 Å². The highest BCUT2D eigenvalue weighted by Crippen LogP contribution is 2.02. The SMILES string of the molecule is CCCCC/C=C\C/C=C\C/C=C\C/C=C\CCCC(=O)N(O)CCO. The molecular formula is C22H37NO3. The Morgan fingerprint density at radius 1 is 0.808 bits per heavy atom. The first-order chi connectivity index (χ1) is 12.7. The molecule has 0 heterocycles. The minimum atomic E-state index is -0.338. The second-order valence-electron chi connectivity index (χ2n) is 6.22. The molecule has 2 N–H and O–H groups in total. The van der Waals surface area contributed by atoms with Gasteiger partial charge in [0.05, 0.1) is 13.2 Å². The third-order valence-electron chi connectivity index (χ3n) is 3.82. The Balaban J connectivity index is 3.53. The minimum absolute atomic E-state index is 0.0246. The summed E-state index contributed by atoms with van der Waals surface area (Å²) in [5.41, 5.74) is 0. The average molecular weight is 364 g/mol. The normalized spacial score (nSPS) is 12.3. The molecule has 0 atom stereocenters. The summed E-state index contributed by atoms with van der Waals surface area (Å²) in [5.74, 6) is -0.338.